The van der Waals surface area contributed by atoms with Crippen LogP contribution in [-0.2, 0) is 10.3 Å². The van der Waals surface area contributed by atoms with Crippen molar-refractivity contribution in [1.82, 2.24) is 5.32 Å². The van der Waals surface area contributed by atoms with Gasteiger partial charge < -0.3 is 10.1 Å². The minimum Gasteiger partial charge on any atom is -0.353 e. The van der Waals surface area contributed by atoms with Crippen molar-refractivity contribution < 1.29 is 22.3 Å². The zero-order valence-electron chi connectivity index (χ0n) is 13.9. The van der Waals surface area contributed by atoms with Crippen LogP contribution in [0.5, 0.6) is 0 Å². The van der Waals surface area contributed by atoms with Gasteiger partial charge in [-0.05, 0) is 49.2 Å². The maximum Gasteiger partial charge on any atom is 0.418 e. The Hall–Kier alpha value is -1.63. The molecule has 1 heterocycles. The summed E-state index contributed by atoms with van der Waals surface area (Å²) in [5.41, 5.74) is -0.467. The van der Waals surface area contributed by atoms with Crippen LogP contribution in [0.15, 0.2) is 54.6 Å². The molecule has 2 nitrogen and oxygen atoms in total. The second kappa shape index (κ2) is 8.37. The van der Waals surface area contributed by atoms with Crippen LogP contribution in [0.2, 0.25) is 0 Å². The van der Waals surface area contributed by atoms with Gasteiger partial charge >= 0.3 is 6.18 Å². The molecule has 2 aromatic rings. The highest BCUT2D eigenvalue weighted by Crippen LogP contribution is 2.45. The first-order chi connectivity index (χ1) is 11.9. The summed E-state index contributed by atoms with van der Waals surface area (Å²) in [7, 11) is 0. The molecule has 1 fully saturated rings. The first-order valence-electron chi connectivity index (χ1n) is 8.17. The highest BCUT2D eigenvalue weighted by Gasteiger charge is 2.48. The Morgan fingerprint density at radius 2 is 1.50 bits per heavy atom. The Labute approximate surface area is 156 Å². The zero-order chi connectivity index (χ0) is 17.9. The molecule has 0 amide bonds. The second-order valence-electron chi connectivity index (χ2n) is 6.20. The van der Waals surface area contributed by atoms with Gasteiger partial charge in [-0.3, -0.25) is 0 Å². The minimum atomic E-state index is -4.54. The van der Waals surface area contributed by atoms with Crippen molar-refractivity contribution in [2.45, 2.75) is 30.7 Å². The quantitative estimate of drug-likeness (QED) is 0.730. The molecule has 3 rings (SSSR count). The molecular formula is C19H20ClF4NO. The zero-order valence-corrected chi connectivity index (χ0v) is 14.7. The third-order valence-electron chi connectivity index (χ3n) is 4.52. The standard InChI is InChI=1S/C19H19F4NO.ClH/c20-16-8-6-15(7-9-16)18(10-12-24-13-11-18)25-17(19(21,22)23)14-4-2-1-3-5-14;/h1-9,17,24H,10-13H2;1H. The third kappa shape index (κ3) is 4.55. The van der Waals surface area contributed by atoms with Gasteiger partial charge in [0, 0.05) is 0 Å². The van der Waals surface area contributed by atoms with Crippen molar-refractivity contribution in [3.8, 4) is 0 Å². The molecule has 142 valence electrons. The lowest BCUT2D eigenvalue weighted by Gasteiger charge is -2.41. The Kier molecular flexibility index (Phi) is 6.66. The van der Waals surface area contributed by atoms with Crippen LogP contribution in [0, 0.1) is 5.82 Å². The predicted octanol–water partition coefficient (Wildman–Crippen LogP) is 5.15. The molecule has 1 saturated heterocycles. The topological polar surface area (TPSA) is 21.3 Å². The van der Waals surface area contributed by atoms with Crippen molar-refractivity contribution in [2.24, 2.45) is 0 Å². The summed E-state index contributed by atoms with van der Waals surface area (Å²) in [6.07, 6.45) is -5.80. The Morgan fingerprint density at radius 3 is 2.04 bits per heavy atom. The van der Waals surface area contributed by atoms with Gasteiger partial charge in [0.2, 0.25) is 0 Å². The summed E-state index contributed by atoms with van der Waals surface area (Å²) in [6, 6.07) is 13.2. The van der Waals surface area contributed by atoms with E-state index in [4.69, 9.17) is 4.74 Å². The fourth-order valence-corrected chi connectivity index (χ4v) is 3.24. The van der Waals surface area contributed by atoms with Crippen molar-refractivity contribution in [1.29, 1.82) is 0 Å². The highest BCUT2D eigenvalue weighted by atomic mass is 35.5. The van der Waals surface area contributed by atoms with Crippen molar-refractivity contribution in [3.05, 3.63) is 71.5 Å². The van der Waals surface area contributed by atoms with E-state index in [1.807, 2.05) is 0 Å². The fourth-order valence-electron chi connectivity index (χ4n) is 3.24. The number of benzene rings is 2. The maximum atomic E-state index is 13.7. The van der Waals surface area contributed by atoms with Gasteiger partial charge in [-0.15, -0.1) is 12.4 Å². The van der Waals surface area contributed by atoms with Gasteiger partial charge in [-0.2, -0.15) is 13.2 Å². The highest BCUT2D eigenvalue weighted by molar-refractivity contribution is 5.85. The number of halogens is 5. The molecule has 1 N–H and O–H groups in total. The van der Waals surface area contributed by atoms with Crippen LogP contribution >= 0.6 is 12.4 Å². The molecule has 0 spiro atoms. The Balaban J connectivity index is 0.00000243. The molecule has 1 unspecified atom stereocenters. The minimum absolute atomic E-state index is 0. The molecule has 1 atom stereocenters. The average Bonchev–Trinajstić information content (AvgIpc) is 2.61. The first kappa shape index (κ1) is 20.7. The SMILES string of the molecule is Cl.Fc1ccc(C2(OC(c3ccccc3)C(F)(F)F)CCNCC2)cc1. The van der Waals surface area contributed by atoms with Gasteiger partial charge in [-0.1, -0.05) is 42.5 Å². The lowest BCUT2D eigenvalue weighted by molar-refractivity contribution is -0.265. The van der Waals surface area contributed by atoms with E-state index in [-0.39, 0.29) is 18.0 Å². The number of rotatable bonds is 4. The summed E-state index contributed by atoms with van der Waals surface area (Å²) in [6.45, 7) is 1.08. The van der Waals surface area contributed by atoms with E-state index in [0.29, 0.717) is 31.5 Å². The number of hydrogen-bond donors (Lipinski definition) is 1. The lowest BCUT2D eigenvalue weighted by atomic mass is 9.84. The molecule has 1 aliphatic rings. The summed E-state index contributed by atoms with van der Waals surface area (Å²) < 4.78 is 60.2. The molecule has 0 saturated carbocycles. The maximum absolute atomic E-state index is 13.7. The summed E-state index contributed by atoms with van der Waals surface area (Å²) >= 11 is 0. The van der Waals surface area contributed by atoms with Crippen LogP contribution in [-0.4, -0.2) is 19.3 Å². The monoisotopic (exact) mass is 389 g/mol. The van der Waals surface area contributed by atoms with Crippen LogP contribution in [0.1, 0.15) is 30.1 Å². The molecule has 1 aliphatic heterocycles. The molecule has 2 aromatic carbocycles. The van der Waals surface area contributed by atoms with E-state index in [2.05, 4.69) is 5.32 Å². The van der Waals surface area contributed by atoms with Crippen LogP contribution < -0.4 is 5.32 Å². The molecule has 0 aromatic heterocycles. The van der Waals surface area contributed by atoms with E-state index < -0.39 is 23.7 Å². The largest absolute Gasteiger partial charge is 0.418 e. The van der Waals surface area contributed by atoms with Crippen LogP contribution in [0.4, 0.5) is 17.6 Å². The summed E-state index contributed by atoms with van der Waals surface area (Å²) in [5, 5.41) is 3.14. The van der Waals surface area contributed by atoms with E-state index in [9.17, 15) is 17.6 Å². The summed E-state index contributed by atoms with van der Waals surface area (Å²) in [5.74, 6) is -0.428. The van der Waals surface area contributed by atoms with Crippen molar-refractivity contribution in [3.63, 3.8) is 0 Å². The lowest BCUT2D eigenvalue weighted by Crippen LogP contribution is -2.44. The van der Waals surface area contributed by atoms with Gasteiger partial charge in [0.05, 0.1) is 5.60 Å². The average molecular weight is 390 g/mol. The van der Waals surface area contributed by atoms with E-state index >= 15 is 0 Å². The van der Waals surface area contributed by atoms with Crippen molar-refractivity contribution >= 4 is 12.4 Å². The fraction of sp³-hybridized carbons (Fsp3) is 0.368. The normalized spacial score (nSPS) is 18.0. The third-order valence-corrected chi connectivity index (χ3v) is 4.52. The van der Waals surface area contributed by atoms with E-state index in [1.165, 1.54) is 36.4 Å². The number of piperidine rings is 1. The van der Waals surface area contributed by atoms with E-state index in [1.54, 1.807) is 18.2 Å². The predicted molar refractivity (Wildman–Crippen MR) is 93.8 cm³/mol. The molecular weight excluding hydrogens is 370 g/mol. The van der Waals surface area contributed by atoms with Gasteiger partial charge in [0.25, 0.3) is 0 Å². The molecule has 26 heavy (non-hydrogen) atoms. The molecule has 7 heteroatoms. The van der Waals surface area contributed by atoms with Gasteiger partial charge in [0.1, 0.15) is 5.82 Å². The first-order valence-corrected chi connectivity index (χ1v) is 8.17. The Bertz CT molecular complexity index is 685. The summed E-state index contributed by atoms with van der Waals surface area (Å²) in [4.78, 5) is 0. The number of nitrogens with one attached hydrogen (secondary N) is 1. The molecule has 0 radical (unpaired) electrons. The number of alkyl halides is 3. The molecule has 0 aliphatic carbocycles. The number of ether oxygens (including phenoxy) is 1. The molecule has 0 bridgehead atoms. The number of hydrogen-bond acceptors (Lipinski definition) is 2. The van der Waals surface area contributed by atoms with Gasteiger partial charge in [0.15, 0.2) is 6.10 Å². The second-order valence-corrected chi connectivity index (χ2v) is 6.20. The smallest absolute Gasteiger partial charge is 0.353 e. The van der Waals surface area contributed by atoms with Crippen LogP contribution in [0.25, 0.3) is 0 Å². The van der Waals surface area contributed by atoms with E-state index in [0.717, 1.165) is 0 Å². The van der Waals surface area contributed by atoms with Crippen molar-refractivity contribution in [2.75, 3.05) is 13.1 Å². The van der Waals surface area contributed by atoms with Crippen LogP contribution in [0.3, 0.4) is 0 Å². The Morgan fingerprint density at radius 1 is 0.923 bits per heavy atom. The van der Waals surface area contributed by atoms with Gasteiger partial charge in [-0.25, -0.2) is 4.39 Å².